The number of nitrogens with zero attached hydrogens (tertiary/aromatic N) is 2. The maximum Gasteiger partial charge on any atom is 0.257 e. The summed E-state index contributed by atoms with van der Waals surface area (Å²) >= 11 is 0. The molecule has 104 valence electrons. The number of carbonyl (C=O) groups is 1. The fraction of sp³-hybridized carbons (Fsp3) is 0.600. The maximum absolute atomic E-state index is 12.7. The molecule has 2 rings (SSSR count). The zero-order valence-corrected chi connectivity index (χ0v) is 12.0. The molecule has 0 aromatic carbocycles. The average Bonchev–Trinajstić information content (AvgIpc) is 2.42. The summed E-state index contributed by atoms with van der Waals surface area (Å²) in [5.74, 6) is 1.36. The quantitative estimate of drug-likeness (QED) is 0.910. The molecular weight excluding hydrogens is 238 g/mol. The van der Waals surface area contributed by atoms with E-state index in [0.29, 0.717) is 23.3 Å². The first-order valence-electron chi connectivity index (χ1n) is 7.15. The van der Waals surface area contributed by atoms with E-state index in [9.17, 15) is 4.79 Å². The highest BCUT2D eigenvalue weighted by Gasteiger charge is 2.30. The molecule has 1 aliphatic heterocycles. The molecule has 4 heteroatoms. The van der Waals surface area contributed by atoms with Gasteiger partial charge >= 0.3 is 0 Å². The second kappa shape index (κ2) is 6.04. The summed E-state index contributed by atoms with van der Waals surface area (Å²) in [6, 6.07) is 3.99. The first-order chi connectivity index (χ1) is 9.15. The third kappa shape index (κ3) is 2.88. The lowest BCUT2D eigenvalue weighted by Gasteiger charge is -2.38. The predicted octanol–water partition coefficient (Wildman–Crippen LogP) is 2.77. The molecule has 2 unspecified atom stereocenters. The number of pyridine rings is 1. The number of hydrogen-bond donors (Lipinski definition) is 1. The van der Waals surface area contributed by atoms with Crippen molar-refractivity contribution >= 4 is 11.7 Å². The highest BCUT2D eigenvalue weighted by Crippen LogP contribution is 2.25. The lowest BCUT2D eigenvalue weighted by Crippen LogP contribution is -2.46. The van der Waals surface area contributed by atoms with E-state index in [4.69, 9.17) is 0 Å². The number of rotatable bonds is 3. The summed E-state index contributed by atoms with van der Waals surface area (Å²) in [4.78, 5) is 19.0. The van der Waals surface area contributed by atoms with E-state index in [1.807, 2.05) is 24.0 Å². The Morgan fingerprint density at radius 1 is 1.53 bits per heavy atom. The van der Waals surface area contributed by atoms with E-state index in [-0.39, 0.29) is 5.91 Å². The second-order valence-electron chi connectivity index (χ2n) is 5.29. The fourth-order valence-electron chi connectivity index (χ4n) is 2.66. The van der Waals surface area contributed by atoms with E-state index in [1.165, 1.54) is 6.42 Å². The lowest BCUT2D eigenvalue weighted by molar-refractivity contribution is 0.0551. The van der Waals surface area contributed by atoms with Gasteiger partial charge in [-0.2, -0.15) is 0 Å². The van der Waals surface area contributed by atoms with E-state index in [0.717, 1.165) is 19.5 Å². The lowest BCUT2D eigenvalue weighted by atomic mass is 9.91. The van der Waals surface area contributed by atoms with Crippen LogP contribution in [0.3, 0.4) is 0 Å². The van der Waals surface area contributed by atoms with Gasteiger partial charge in [0.05, 0.1) is 5.56 Å². The molecule has 1 aromatic rings. The number of piperidine rings is 1. The van der Waals surface area contributed by atoms with Crippen LogP contribution in [0.25, 0.3) is 0 Å². The molecule has 0 bridgehead atoms. The van der Waals surface area contributed by atoms with Crippen molar-refractivity contribution < 1.29 is 4.79 Å². The van der Waals surface area contributed by atoms with Crippen molar-refractivity contribution in [2.45, 2.75) is 39.7 Å². The first kappa shape index (κ1) is 13.8. The van der Waals surface area contributed by atoms with Gasteiger partial charge in [0.15, 0.2) is 0 Å². The predicted molar refractivity (Wildman–Crippen MR) is 77.3 cm³/mol. The summed E-state index contributed by atoms with van der Waals surface area (Å²) in [6.07, 6.45) is 4.02. The van der Waals surface area contributed by atoms with Gasteiger partial charge in [0.2, 0.25) is 0 Å². The highest BCUT2D eigenvalue weighted by molar-refractivity contribution is 5.98. The summed E-state index contributed by atoms with van der Waals surface area (Å²) in [5, 5.41) is 3.16. The Morgan fingerprint density at radius 3 is 3.05 bits per heavy atom. The van der Waals surface area contributed by atoms with Gasteiger partial charge in [-0.3, -0.25) is 4.79 Å². The number of carbonyl (C=O) groups excluding carboxylic acids is 1. The molecule has 0 radical (unpaired) electrons. The molecule has 4 nitrogen and oxygen atoms in total. The van der Waals surface area contributed by atoms with Crippen LogP contribution in [0.15, 0.2) is 18.3 Å². The molecule has 1 aliphatic rings. The van der Waals surface area contributed by atoms with Gasteiger partial charge in [-0.25, -0.2) is 4.98 Å². The van der Waals surface area contributed by atoms with Crippen molar-refractivity contribution in [1.29, 1.82) is 0 Å². The van der Waals surface area contributed by atoms with Gasteiger partial charge in [-0.15, -0.1) is 0 Å². The number of likely N-dealkylation sites (tertiary alicyclic amines) is 1. The third-order valence-corrected chi connectivity index (χ3v) is 4.02. The van der Waals surface area contributed by atoms with Crippen LogP contribution in [-0.4, -0.2) is 34.9 Å². The van der Waals surface area contributed by atoms with Crippen molar-refractivity contribution in [3.8, 4) is 0 Å². The summed E-state index contributed by atoms with van der Waals surface area (Å²) in [6.45, 7) is 7.99. The standard InChI is InChI=1S/C15H23N3O/c1-4-16-14-13(8-5-9-17-14)15(19)18-10-6-7-11(2)12(18)3/h5,8-9,11-12H,4,6-7,10H2,1-3H3,(H,16,17). The molecule has 0 aliphatic carbocycles. The minimum atomic E-state index is 0.100. The normalized spacial score (nSPS) is 23.2. The van der Waals surface area contributed by atoms with Crippen LogP contribution in [0.4, 0.5) is 5.82 Å². The van der Waals surface area contributed by atoms with E-state index in [2.05, 4.69) is 24.1 Å². The number of hydrogen-bond acceptors (Lipinski definition) is 3. The Hall–Kier alpha value is -1.58. The van der Waals surface area contributed by atoms with Gasteiger partial charge in [-0.1, -0.05) is 6.92 Å². The van der Waals surface area contributed by atoms with Crippen LogP contribution in [-0.2, 0) is 0 Å². The third-order valence-electron chi connectivity index (χ3n) is 4.02. The van der Waals surface area contributed by atoms with Crippen molar-refractivity contribution in [3.05, 3.63) is 23.9 Å². The Balaban J connectivity index is 2.23. The molecule has 2 heterocycles. The van der Waals surface area contributed by atoms with Crippen LogP contribution in [0.1, 0.15) is 44.0 Å². The molecule has 1 N–H and O–H groups in total. The van der Waals surface area contributed by atoms with Crippen molar-refractivity contribution in [3.63, 3.8) is 0 Å². The van der Waals surface area contributed by atoms with E-state index < -0.39 is 0 Å². The summed E-state index contributed by atoms with van der Waals surface area (Å²) < 4.78 is 0. The largest absolute Gasteiger partial charge is 0.370 e. The summed E-state index contributed by atoms with van der Waals surface area (Å²) in [7, 11) is 0. The Bertz CT molecular complexity index is 447. The van der Waals surface area contributed by atoms with Gasteiger partial charge < -0.3 is 10.2 Å². The van der Waals surface area contributed by atoms with Crippen molar-refractivity contribution in [2.75, 3.05) is 18.4 Å². The van der Waals surface area contributed by atoms with Gasteiger partial charge in [-0.05, 0) is 44.7 Å². The molecule has 1 amide bonds. The van der Waals surface area contributed by atoms with E-state index >= 15 is 0 Å². The zero-order chi connectivity index (χ0) is 13.8. The van der Waals surface area contributed by atoms with Crippen LogP contribution >= 0.6 is 0 Å². The van der Waals surface area contributed by atoms with Crippen molar-refractivity contribution in [1.82, 2.24) is 9.88 Å². The topological polar surface area (TPSA) is 45.2 Å². The SMILES string of the molecule is CCNc1ncccc1C(=O)N1CCCC(C)C1C. The van der Waals surface area contributed by atoms with Crippen molar-refractivity contribution in [2.24, 2.45) is 5.92 Å². The summed E-state index contributed by atoms with van der Waals surface area (Å²) in [5.41, 5.74) is 0.685. The molecule has 0 spiro atoms. The Morgan fingerprint density at radius 2 is 2.32 bits per heavy atom. The first-order valence-corrected chi connectivity index (χ1v) is 7.15. The van der Waals surface area contributed by atoms with Crippen LogP contribution in [0.2, 0.25) is 0 Å². The molecule has 1 saturated heterocycles. The monoisotopic (exact) mass is 261 g/mol. The Labute approximate surface area is 115 Å². The molecule has 2 atom stereocenters. The van der Waals surface area contributed by atoms with Crippen LogP contribution in [0, 0.1) is 5.92 Å². The van der Waals surface area contributed by atoms with Gasteiger partial charge in [0.1, 0.15) is 5.82 Å². The minimum absolute atomic E-state index is 0.100. The Kier molecular flexibility index (Phi) is 4.40. The number of anilines is 1. The van der Waals surface area contributed by atoms with Crippen LogP contribution in [0.5, 0.6) is 0 Å². The number of aromatic nitrogens is 1. The average molecular weight is 261 g/mol. The van der Waals surface area contributed by atoms with Gasteiger partial charge in [0, 0.05) is 25.3 Å². The molecule has 1 aromatic heterocycles. The van der Waals surface area contributed by atoms with Crippen LogP contribution < -0.4 is 5.32 Å². The number of nitrogens with one attached hydrogen (secondary N) is 1. The minimum Gasteiger partial charge on any atom is -0.370 e. The maximum atomic E-state index is 12.7. The molecule has 19 heavy (non-hydrogen) atoms. The molecular formula is C15H23N3O. The van der Waals surface area contributed by atoms with Gasteiger partial charge in [0.25, 0.3) is 5.91 Å². The smallest absolute Gasteiger partial charge is 0.257 e. The zero-order valence-electron chi connectivity index (χ0n) is 12.0. The fourth-order valence-corrected chi connectivity index (χ4v) is 2.66. The molecule has 1 fully saturated rings. The van der Waals surface area contributed by atoms with E-state index in [1.54, 1.807) is 6.20 Å². The highest BCUT2D eigenvalue weighted by atomic mass is 16.2. The molecule has 0 saturated carbocycles. The second-order valence-corrected chi connectivity index (χ2v) is 5.29. The number of amides is 1.